The van der Waals surface area contributed by atoms with Gasteiger partial charge in [0, 0.05) is 17.6 Å². The molecule has 1 saturated carbocycles. The van der Waals surface area contributed by atoms with Crippen molar-refractivity contribution in [3.63, 3.8) is 0 Å². The second-order valence-electron chi connectivity index (χ2n) is 5.53. The van der Waals surface area contributed by atoms with Gasteiger partial charge in [-0.1, -0.05) is 0 Å². The highest BCUT2D eigenvalue weighted by atomic mass is 16.5. The van der Waals surface area contributed by atoms with Crippen LogP contribution in [0.15, 0.2) is 6.07 Å². The number of benzene rings is 1. The predicted molar refractivity (Wildman–Crippen MR) is 74.4 cm³/mol. The fourth-order valence-corrected chi connectivity index (χ4v) is 2.37. The minimum atomic E-state index is 0.132. The number of ether oxygens (including phenoxy) is 1. The Kier molecular flexibility index (Phi) is 3.53. The molecule has 0 unspecified atom stereocenters. The first-order chi connectivity index (χ1) is 8.53. The zero-order valence-corrected chi connectivity index (χ0v) is 11.8. The fraction of sp³-hybridized carbons (Fsp3) is 0.600. The van der Waals surface area contributed by atoms with Crippen LogP contribution in [0.5, 0.6) is 5.75 Å². The van der Waals surface area contributed by atoms with Gasteiger partial charge in [-0.3, -0.25) is 0 Å². The summed E-state index contributed by atoms with van der Waals surface area (Å²) in [6.45, 7) is 7.43. The lowest BCUT2D eigenvalue weighted by atomic mass is 10.0. The van der Waals surface area contributed by atoms with Crippen molar-refractivity contribution in [3.05, 3.63) is 22.8 Å². The smallest absolute Gasteiger partial charge is 0.122 e. The van der Waals surface area contributed by atoms with Crippen molar-refractivity contribution >= 4 is 5.69 Å². The molecule has 1 fully saturated rings. The molecular formula is C15H23NO2. The van der Waals surface area contributed by atoms with E-state index in [1.165, 1.54) is 22.4 Å². The average Bonchev–Trinajstić information content (AvgIpc) is 3.14. The Labute approximate surface area is 109 Å². The molecule has 0 spiro atoms. The van der Waals surface area contributed by atoms with E-state index in [-0.39, 0.29) is 12.0 Å². The van der Waals surface area contributed by atoms with E-state index in [2.05, 4.69) is 32.2 Å². The second kappa shape index (κ2) is 4.81. The van der Waals surface area contributed by atoms with E-state index in [9.17, 15) is 5.11 Å². The molecule has 2 N–H and O–H groups in total. The summed E-state index contributed by atoms with van der Waals surface area (Å²) in [6.07, 6.45) is 2.26. The van der Waals surface area contributed by atoms with E-state index in [4.69, 9.17) is 4.74 Å². The first kappa shape index (κ1) is 13.2. The zero-order chi connectivity index (χ0) is 13.3. The van der Waals surface area contributed by atoms with E-state index in [0.717, 1.165) is 25.1 Å². The van der Waals surface area contributed by atoms with Crippen LogP contribution < -0.4 is 10.1 Å². The molecule has 3 heteroatoms. The second-order valence-corrected chi connectivity index (χ2v) is 5.53. The highest BCUT2D eigenvalue weighted by Gasteiger charge is 2.41. The van der Waals surface area contributed by atoms with Crippen molar-refractivity contribution in [2.75, 3.05) is 25.6 Å². The van der Waals surface area contributed by atoms with E-state index < -0.39 is 0 Å². The van der Waals surface area contributed by atoms with Gasteiger partial charge in [-0.05, 0) is 56.4 Å². The minimum absolute atomic E-state index is 0.132. The number of aliphatic hydroxyl groups excluding tert-OH is 1. The molecule has 0 atom stereocenters. The number of methoxy groups -OCH3 is 1. The molecule has 0 saturated heterocycles. The summed E-state index contributed by atoms with van der Waals surface area (Å²) in [5.41, 5.74) is 4.93. The van der Waals surface area contributed by atoms with Gasteiger partial charge < -0.3 is 15.2 Å². The molecule has 0 amide bonds. The quantitative estimate of drug-likeness (QED) is 0.843. The number of aliphatic hydroxyl groups is 1. The summed E-state index contributed by atoms with van der Waals surface area (Å²) in [5.74, 6) is 0.943. The Hall–Kier alpha value is -1.22. The molecule has 1 aliphatic carbocycles. The molecule has 0 heterocycles. The van der Waals surface area contributed by atoms with E-state index in [1.807, 2.05) is 0 Å². The van der Waals surface area contributed by atoms with Crippen LogP contribution in [-0.2, 0) is 0 Å². The number of nitrogens with one attached hydrogen (secondary N) is 1. The van der Waals surface area contributed by atoms with Gasteiger partial charge in [0.2, 0.25) is 0 Å². The highest BCUT2D eigenvalue weighted by molar-refractivity contribution is 5.63. The third-order valence-electron chi connectivity index (χ3n) is 4.20. The maximum Gasteiger partial charge on any atom is 0.122 e. The topological polar surface area (TPSA) is 41.5 Å². The van der Waals surface area contributed by atoms with Crippen molar-refractivity contribution in [1.82, 2.24) is 0 Å². The van der Waals surface area contributed by atoms with Gasteiger partial charge in [-0.2, -0.15) is 0 Å². The lowest BCUT2D eigenvalue weighted by Crippen LogP contribution is -2.20. The van der Waals surface area contributed by atoms with Crippen LogP contribution in [0.2, 0.25) is 0 Å². The molecule has 1 aromatic rings. The van der Waals surface area contributed by atoms with Crippen LogP contribution in [0, 0.1) is 26.2 Å². The maximum atomic E-state index is 9.35. The first-order valence-electron chi connectivity index (χ1n) is 6.52. The highest BCUT2D eigenvalue weighted by Crippen LogP contribution is 2.45. The number of hydrogen-bond acceptors (Lipinski definition) is 3. The summed E-state index contributed by atoms with van der Waals surface area (Å²) in [4.78, 5) is 0. The van der Waals surface area contributed by atoms with E-state index in [0.29, 0.717) is 0 Å². The van der Waals surface area contributed by atoms with Crippen molar-refractivity contribution in [1.29, 1.82) is 0 Å². The van der Waals surface area contributed by atoms with E-state index >= 15 is 0 Å². The molecule has 0 bridgehead atoms. The van der Waals surface area contributed by atoms with Crippen LogP contribution >= 0.6 is 0 Å². The van der Waals surface area contributed by atoms with Gasteiger partial charge in [0.05, 0.1) is 13.7 Å². The Bertz CT molecular complexity index is 450. The van der Waals surface area contributed by atoms with Crippen molar-refractivity contribution in [2.45, 2.75) is 33.6 Å². The molecular weight excluding hydrogens is 226 g/mol. The van der Waals surface area contributed by atoms with Crippen LogP contribution in [0.1, 0.15) is 29.5 Å². The van der Waals surface area contributed by atoms with Gasteiger partial charge in [0.1, 0.15) is 5.75 Å². The Morgan fingerprint density at radius 2 is 1.94 bits per heavy atom. The normalized spacial score (nSPS) is 16.5. The van der Waals surface area contributed by atoms with Crippen LogP contribution in [0.25, 0.3) is 0 Å². The monoisotopic (exact) mass is 249 g/mol. The Morgan fingerprint density at radius 3 is 2.44 bits per heavy atom. The van der Waals surface area contributed by atoms with Crippen LogP contribution in [-0.4, -0.2) is 25.4 Å². The van der Waals surface area contributed by atoms with E-state index in [1.54, 1.807) is 7.11 Å². The lowest BCUT2D eigenvalue weighted by molar-refractivity contribution is 0.220. The molecule has 1 aliphatic rings. The summed E-state index contributed by atoms with van der Waals surface area (Å²) in [5, 5.41) is 12.9. The number of rotatable bonds is 5. The molecule has 0 aromatic heterocycles. The van der Waals surface area contributed by atoms with Crippen molar-refractivity contribution < 1.29 is 9.84 Å². The summed E-state index contributed by atoms with van der Waals surface area (Å²) < 4.78 is 5.37. The predicted octanol–water partition coefficient (Wildman–Crippen LogP) is 2.80. The van der Waals surface area contributed by atoms with Crippen LogP contribution in [0.4, 0.5) is 5.69 Å². The maximum absolute atomic E-state index is 9.35. The molecule has 0 radical (unpaired) electrons. The molecule has 100 valence electrons. The molecule has 1 aromatic carbocycles. The zero-order valence-electron chi connectivity index (χ0n) is 11.8. The summed E-state index contributed by atoms with van der Waals surface area (Å²) in [7, 11) is 1.71. The molecule has 3 nitrogen and oxygen atoms in total. The largest absolute Gasteiger partial charge is 0.496 e. The molecule has 0 aliphatic heterocycles. The minimum Gasteiger partial charge on any atom is -0.496 e. The van der Waals surface area contributed by atoms with Crippen LogP contribution in [0.3, 0.4) is 0 Å². The Morgan fingerprint density at radius 1 is 1.28 bits per heavy atom. The van der Waals surface area contributed by atoms with Gasteiger partial charge in [-0.25, -0.2) is 0 Å². The number of aryl methyl sites for hydroxylation is 1. The average molecular weight is 249 g/mol. The first-order valence-corrected chi connectivity index (χ1v) is 6.52. The third kappa shape index (κ3) is 2.32. The fourth-order valence-electron chi connectivity index (χ4n) is 2.37. The standard InChI is InChI=1S/C15H23NO2/c1-10-7-13(18-4)11(2)12(3)14(10)16-8-15(9-17)5-6-15/h7,16-17H,5-6,8-9H2,1-4H3. The van der Waals surface area contributed by atoms with Crippen molar-refractivity contribution in [2.24, 2.45) is 5.41 Å². The number of anilines is 1. The van der Waals surface area contributed by atoms with Gasteiger partial charge >= 0.3 is 0 Å². The van der Waals surface area contributed by atoms with Crippen molar-refractivity contribution in [3.8, 4) is 5.75 Å². The van der Waals surface area contributed by atoms with Gasteiger partial charge in [-0.15, -0.1) is 0 Å². The third-order valence-corrected chi connectivity index (χ3v) is 4.20. The van der Waals surface area contributed by atoms with Gasteiger partial charge in [0.25, 0.3) is 0 Å². The number of hydrogen-bond donors (Lipinski definition) is 2. The van der Waals surface area contributed by atoms with Gasteiger partial charge in [0.15, 0.2) is 0 Å². The molecule has 18 heavy (non-hydrogen) atoms. The Balaban J connectivity index is 2.20. The lowest BCUT2D eigenvalue weighted by Gasteiger charge is -2.20. The SMILES string of the molecule is COc1cc(C)c(NCC2(CO)CC2)c(C)c1C. The molecule has 2 rings (SSSR count). The summed E-state index contributed by atoms with van der Waals surface area (Å²) >= 11 is 0. The summed E-state index contributed by atoms with van der Waals surface area (Å²) in [6, 6.07) is 2.07.